The second-order valence-corrected chi connectivity index (χ2v) is 9.25. The number of H-pyrrole nitrogens is 1. The summed E-state index contributed by atoms with van der Waals surface area (Å²) in [5, 5.41) is 3.34. The Kier molecular flexibility index (Phi) is 7.88. The summed E-state index contributed by atoms with van der Waals surface area (Å²) in [5.74, 6) is 0.513. The summed E-state index contributed by atoms with van der Waals surface area (Å²) in [4.78, 5) is 30.6. The molecule has 0 bridgehead atoms. The molecule has 1 amide bonds. The summed E-state index contributed by atoms with van der Waals surface area (Å²) in [7, 11) is 0. The Balaban J connectivity index is 0.00000133. The van der Waals surface area contributed by atoms with E-state index in [1.807, 2.05) is 42.7 Å². The summed E-state index contributed by atoms with van der Waals surface area (Å²) in [6.45, 7) is 8.30. The van der Waals surface area contributed by atoms with Crippen molar-refractivity contribution < 1.29 is 4.79 Å². The topological polar surface area (TPSA) is 70.1 Å². The number of para-hydroxylation sites is 2. The lowest BCUT2D eigenvalue weighted by Crippen LogP contribution is -2.47. The highest BCUT2D eigenvalue weighted by Gasteiger charge is 2.30. The number of piperidine rings is 1. The zero-order valence-corrected chi connectivity index (χ0v) is 20.7. The first-order chi connectivity index (χ1) is 16.6. The number of carbonyl (C=O) groups excluding carboxylic acids is 1. The van der Waals surface area contributed by atoms with Crippen LogP contribution in [0.5, 0.6) is 0 Å². The number of benzene rings is 2. The third-order valence-corrected chi connectivity index (χ3v) is 7.36. The van der Waals surface area contributed by atoms with Crippen molar-refractivity contribution in [3.8, 4) is 0 Å². The van der Waals surface area contributed by atoms with Crippen LogP contribution in [-0.4, -0.2) is 46.0 Å². The van der Waals surface area contributed by atoms with Crippen molar-refractivity contribution >= 4 is 16.9 Å². The van der Waals surface area contributed by atoms with Gasteiger partial charge in [0.2, 0.25) is 5.91 Å². The largest absolute Gasteiger partial charge is 0.352 e. The molecule has 0 saturated carbocycles. The molecule has 1 fully saturated rings. The van der Waals surface area contributed by atoms with Crippen molar-refractivity contribution in [3.63, 3.8) is 0 Å². The fraction of sp³-hybridized carbons (Fsp3) is 0.500. The monoisotopic (exact) mass is 462 g/mol. The molecule has 34 heavy (non-hydrogen) atoms. The standard InChI is InChI=1S/C26H32N4O2.C2H6/c1-2-20-21-8-4-3-7-18(21)11-12-22(20)27-25(31)17-29-15-13-19(14-16-29)30-24-10-6-5-9-23(24)28-26(30)32;1-2/h3-10,19-20,22H,2,11-17H2,1H3,(H,27,31)(H,28,32);1-2H3. The Labute approximate surface area is 202 Å². The van der Waals surface area contributed by atoms with Gasteiger partial charge in [0.1, 0.15) is 0 Å². The van der Waals surface area contributed by atoms with Crippen molar-refractivity contribution in [2.24, 2.45) is 0 Å². The minimum absolute atomic E-state index is 0.0365. The number of imidazole rings is 1. The fourth-order valence-electron chi connectivity index (χ4n) is 5.76. The van der Waals surface area contributed by atoms with Gasteiger partial charge in [-0.2, -0.15) is 0 Å². The molecule has 1 saturated heterocycles. The number of aromatic nitrogens is 2. The Hall–Kier alpha value is -2.86. The van der Waals surface area contributed by atoms with Gasteiger partial charge in [0, 0.05) is 31.1 Å². The van der Waals surface area contributed by atoms with Crippen molar-refractivity contribution in [1.82, 2.24) is 19.8 Å². The maximum atomic E-state index is 12.9. The molecule has 2 aromatic carbocycles. The molecule has 2 aliphatic rings. The van der Waals surface area contributed by atoms with Crippen molar-refractivity contribution in [2.45, 2.75) is 70.9 Å². The summed E-state index contributed by atoms with van der Waals surface area (Å²) in [5.41, 5.74) is 4.65. The maximum absolute atomic E-state index is 12.9. The van der Waals surface area contributed by atoms with Crippen LogP contribution in [0.2, 0.25) is 0 Å². The molecule has 2 atom stereocenters. The van der Waals surface area contributed by atoms with Crippen LogP contribution in [0.15, 0.2) is 53.3 Å². The number of rotatable bonds is 5. The van der Waals surface area contributed by atoms with E-state index >= 15 is 0 Å². The maximum Gasteiger partial charge on any atom is 0.326 e. The van der Waals surface area contributed by atoms with E-state index in [-0.39, 0.29) is 23.7 Å². The van der Waals surface area contributed by atoms with Crippen LogP contribution in [0.4, 0.5) is 0 Å². The number of carbonyl (C=O) groups is 1. The van der Waals surface area contributed by atoms with Gasteiger partial charge >= 0.3 is 5.69 Å². The molecule has 6 nitrogen and oxygen atoms in total. The number of likely N-dealkylation sites (tertiary alicyclic amines) is 1. The minimum atomic E-state index is -0.0365. The predicted octanol–water partition coefficient (Wildman–Crippen LogP) is 4.62. The van der Waals surface area contributed by atoms with Gasteiger partial charge in [-0.15, -0.1) is 0 Å². The molecule has 2 unspecified atom stereocenters. The number of fused-ring (bicyclic) bond motifs is 2. The van der Waals surface area contributed by atoms with E-state index in [9.17, 15) is 9.59 Å². The van der Waals surface area contributed by atoms with E-state index in [1.165, 1.54) is 11.1 Å². The average Bonchev–Trinajstić information content (AvgIpc) is 3.21. The second kappa shape index (κ2) is 11.0. The van der Waals surface area contributed by atoms with Gasteiger partial charge in [-0.25, -0.2) is 4.79 Å². The van der Waals surface area contributed by atoms with E-state index < -0.39 is 0 Å². The highest BCUT2D eigenvalue weighted by Crippen LogP contribution is 2.34. The first-order valence-electron chi connectivity index (χ1n) is 12.9. The van der Waals surface area contributed by atoms with Gasteiger partial charge < -0.3 is 10.3 Å². The molecule has 2 heterocycles. The summed E-state index contributed by atoms with van der Waals surface area (Å²) in [6, 6.07) is 16.9. The molecular weight excluding hydrogens is 424 g/mol. The molecule has 1 aromatic heterocycles. The first kappa shape index (κ1) is 24.3. The van der Waals surface area contributed by atoms with Crippen molar-refractivity contribution in [2.75, 3.05) is 19.6 Å². The predicted molar refractivity (Wildman–Crippen MR) is 138 cm³/mol. The summed E-state index contributed by atoms with van der Waals surface area (Å²) < 4.78 is 1.90. The number of aryl methyl sites for hydroxylation is 1. The molecular formula is C28H38N4O2. The van der Waals surface area contributed by atoms with E-state index in [0.29, 0.717) is 12.5 Å². The van der Waals surface area contributed by atoms with Crippen LogP contribution in [0.1, 0.15) is 69.5 Å². The molecule has 1 aliphatic heterocycles. The molecule has 0 radical (unpaired) electrons. The lowest BCUT2D eigenvalue weighted by atomic mass is 9.78. The number of amides is 1. The Bertz CT molecular complexity index is 1160. The summed E-state index contributed by atoms with van der Waals surface area (Å²) in [6.07, 6.45) is 4.83. The quantitative estimate of drug-likeness (QED) is 0.581. The molecule has 6 heteroatoms. The van der Waals surface area contributed by atoms with Gasteiger partial charge in [0.25, 0.3) is 0 Å². The third kappa shape index (κ3) is 4.97. The van der Waals surface area contributed by atoms with Crippen LogP contribution in [0.25, 0.3) is 11.0 Å². The number of nitrogens with one attached hydrogen (secondary N) is 2. The number of nitrogens with zero attached hydrogens (tertiary/aromatic N) is 2. The van der Waals surface area contributed by atoms with Gasteiger partial charge in [-0.1, -0.05) is 57.2 Å². The summed E-state index contributed by atoms with van der Waals surface area (Å²) >= 11 is 0. The SMILES string of the molecule is CC.CCC1c2ccccc2CCC1NC(=O)CN1CCC(n2c(=O)[nH]c3ccccc32)CC1. The van der Waals surface area contributed by atoms with Gasteiger partial charge in [0.05, 0.1) is 17.6 Å². The molecule has 3 aromatic rings. The second-order valence-electron chi connectivity index (χ2n) is 9.25. The van der Waals surface area contributed by atoms with Crippen LogP contribution >= 0.6 is 0 Å². The highest BCUT2D eigenvalue weighted by atomic mass is 16.2. The molecule has 2 N–H and O–H groups in total. The average molecular weight is 463 g/mol. The zero-order valence-electron chi connectivity index (χ0n) is 20.7. The van der Waals surface area contributed by atoms with E-state index in [1.54, 1.807) is 0 Å². The highest BCUT2D eigenvalue weighted by molar-refractivity contribution is 5.78. The number of hydrogen-bond acceptors (Lipinski definition) is 3. The van der Waals surface area contributed by atoms with Crippen molar-refractivity contribution in [3.05, 3.63) is 70.1 Å². The Morgan fingerprint density at radius 3 is 2.50 bits per heavy atom. The number of hydrogen-bond donors (Lipinski definition) is 2. The van der Waals surface area contributed by atoms with Crippen LogP contribution in [-0.2, 0) is 11.2 Å². The minimum Gasteiger partial charge on any atom is -0.352 e. The van der Waals surface area contributed by atoms with Gasteiger partial charge in [-0.3, -0.25) is 14.3 Å². The molecule has 182 valence electrons. The lowest BCUT2D eigenvalue weighted by Gasteiger charge is -2.35. The van der Waals surface area contributed by atoms with E-state index in [2.05, 4.69) is 46.4 Å². The fourth-order valence-corrected chi connectivity index (χ4v) is 5.76. The zero-order chi connectivity index (χ0) is 24.1. The number of aromatic amines is 1. The first-order valence-corrected chi connectivity index (χ1v) is 12.9. The van der Waals surface area contributed by atoms with E-state index in [4.69, 9.17) is 0 Å². The molecule has 1 aliphatic carbocycles. The van der Waals surface area contributed by atoms with Gasteiger partial charge in [0.15, 0.2) is 0 Å². The van der Waals surface area contributed by atoms with Crippen molar-refractivity contribution in [1.29, 1.82) is 0 Å². The van der Waals surface area contributed by atoms with Crippen LogP contribution in [0.3, 0.4) is 0 Å². The Morgan fingerprint density at radius 1 is 1.03 bits per heavy atom. The Morgan fingerprint density at radius 2 is 1.74 bits per heavy atom. The normalized spacial score (nSPS) is 20.9. The van der Waals surface area contributed by atoms with Crippen LogP contribution < -0.4 is 11.0 Å². The van der Waals surface area contributed by atoms with E-state index in [0.717, 1.165) is 56.2 Å². The van der Waals surface area contributed by atoms with Crippen LogP contribution in [0, 0.1) is 0 Å². The molecule has 0 spiro atoms. The molecule has 5 rings (SSSR count). The lowest BCUT2D eigenvalue weighted by molar-refractivity contribution is -0.123. The van der Waals surface area contributed by atoms with Gasteiger partial charge in [-0.05, 0) is 55.4 Å². The third-order valence-electron chi connectivity index (χ3n) is 7.36. The smallest absolute Gasteiger partial charge is 0.326 e.